The summed E-state index contributed by atoms with van der Waals surface area (Å²) in [4.78, 5) is 22.4. The monoisotopic (exact) mass is 288 g/mol. The summed E-state index contributed by atoms with van der Waals surface area (Å²) in [6.45, 7) is 0. The van der Waals surface area contributed by atoms with Gasteiger partial charge in [0.2, 0.25) is 0 Å². The molecule has 0 bridgehead atoms. The lowest BCUT2D eigenvalue weighted by Gasteiger charge is -2.15. The number of carbonyl (C=O) groups excluding carboxylic acids is 1. The highest BCUT2D eigenvalue weighted by Gasteiger charge is 2.31. The second-order valence-corrected chi connectivity index (χ2v) is 6.86. The van der Waals surface area contributed by atoms with Crippen LogP contribution in [-0.2, 0) is 14.6 Å². The first-order valence-electron chi connectivity index (χ1n) is 6.06. The molecule has 7 nitrogen and oxygen atoms in total. The van der Waals surface area contributed by atoms with Gasteiger partial charge in [0.05, 0.1) is 17.7 Å². The van der Waals surface area contributed by atoms with E-state index >= 15 is 0 Å². The number of aliphatic carboxylic acids is 1. The van der Waals surface area contributed by atoms with Gasteiger partial charge in [-0.25, -0.2) is 13.2 Å². The Morgan fingerprint density at radius 2 is 1.95 bits per heavy atom. The Bertz CT molecular complexity index is 513. The maximum absolute atomic E-state index is 11.6. The quantitative estimate of drug-likeness (QED) is 0.668. The molecule has 19 heavy (non-hydrogen) atoms. The van der Waals surface area contributed by atoms with Gasteiger partial charge in [-0.15, -0.1) is 0 Å². The van der Waals surface area contributed by atoms with Crippen LogP contribution in [0.4, 0.5) is 4.79 Å². The molecule has 0 saturated heterocycles. The predicted molar refractivity (Wildman–Crippen MR) is 67.1 cm³/mol. The zero-order valence-electron chi connectivity index (χ0n) is 10.2. The highest BCUT2D eigenvalue weighted by Crippen LogP contribution is 2.25. The van der Waals surface area contributed by atoms with Crippen LogP contribution in [0.3, 0.4) is 0 Å². The standard InChI is InChI=1S/C11H16N2O5S/c14-10(15)7-1-2-8(5-7)12-11(16)13-9-3-4-19(17,18)6-9/h3-4,7-9H,1-2,5-6H2,(H,14,15)(H2,12,13,16). The van der Waals surface area contributed by atoms with Gasteiger partial charge in [-0.3, -0.25) is 4.79 Å². The van der Waals surface area contributed by atoms with Crippen molar-refractivity contribution in [2.75, 3.05) is 5.75 Å². The van der Waals surface area contributed by atoms with Crippen LogP contribution in [0.25, 0.3) is 0 Å². The summed E-state index contributed by atoms with van der Waals surface area (Å²) in [5.41, 5.74) is 0. The van der Waals surface area contributed by atoms with E-state index in [0.717, 1.165) is 5.41 Å². The topological polar surface area (TPSA) is 113 Å². The molecule has 2 rings (SSSR count). The maximum Gasteiger partial charge on any atom is 0.315 e. The van der Waals surface area contributed by atoms with E-state index in [1.807, 2.05) is 0 Å². The number of rotatable bonds is 3. The van der Waals surface area contributed by atoms with E-state index in [0.29, 0.717) is 19.3 Å². The van der Waals surface area contributed by atoms with Crippen LogP contribution < -0.4 is 10.6 Å². The lowest BCUT2D eigenvalue weighted by atomic mass is 10.1. The largest absolute Gasteiger partial charge is 0.481 e. The van der Waals surface area contributed by atoms with E-state index in [4.69, 9.17) is 5.11 Å². The molecule has 3 N–H and O–H groups in total. The summed E-state index contributed by atoms with van der Waals surface area (Å²) < 4.78 is 22.3. The van der Waals surface area contributed by atoms with Crippen LogP contribution in [-0.4, -0.2) is 43.4 Å². The molecule has 0 radical (unpaired) electrons. The molecule has 0 aromatic carbocycles. The number of hydrogen-bond donors (Lipinski definition) is 3. The SMILES string of the molecule is O=C(NC1C=CS(=O)(=O)C1)NC1CCC(C(=O)O)C1. The van der Waals surface area contributed by atoms with Crippen LogP contribution >= 0.6 is 0 Å². The highest BCUT2D eigenvalue weighted by molar-refractivity contribution is 7.94. The van der Waals surface area contributed by atoms with Gasteiger partial charge in [0.1, 0.15) is 0 Å². The number of carboxylic acid groups (broad SMARTS) is 1. The number of urea groups is 1. The van der Waals surface area contributed by atoms with Crippen molar-refractivity contribution in [2.45, 2.75) is 31.3 Å². The number of carbonyl (C=O) groups is 2. The van der Waals surface area contributed by atoms with E-state index in [-0.39, 0.29) is 11.8 Å². The Morgan fingerprint density at radius 1 is 1.21 bits per heavy atom. The van der Waals surface area contributed by atoms with Crippen LogP contribution in [0.5, 0.6) is 0 Å². The van der Waals surface area contributed by atoms with Gasteiger partial charge in [0, 0.05) is 11.4 Å². The van der Waals surface area contributed by atoms with Crippen LogP contribution in [0.1, 0.15) is 19.3 Å². The molecule has 1 aliphatic heterocycles. The molecule has 3 atom stereocenters. The minimum Gasteiger partial charge on any atom is -0.481 e. The Balaban J connectivity index is 1.77. The second kappa shape index (κ2) is 5.20. The van der Waals surface area contributed by atoms with E-state index in [1.54, 1.807) is 0 Å². The first-order chi connectivity index (χ1) is 8.85. The van der Waals surface area contributed by atoms with Gasteiger partial charge in [0.15, 0.2) is 9.84 Å². The lowest BCUT2D eigenvalue weighted by Crippen LogP contribution is -2.46. The molecule has 0 aromatic rings. The van der Waals surface area contributed by atoms with Crippen molar-refractivity contribution in [1.82, 2.24) is 10.6 Å². The molecule has 8 heteroatoms. The third kappa shape index (κ3) is 3.69. The van der Waals surface area contributed by atoms with Crippen LogP contribution in [0.15, 0.2) is 11.5 Å². The summed E-state index contributed by atoms with van der Waals surface area (Å²) in [5, 5.41) is 15.2. The molecule has 3 unspecified atom stereocenters. The minimum absolute atomic E-state index is 0.122. The normalized spacial score (nSPS) is 32.1. The van der Waals surface area contributed by atoms with Crippen molar-refractivity contribution in [3.63, 3.8) is 0 Å². The third-order valence-corrected chi connectivity index (χ3v) is 4.76. The molecule has 2 aliphatic rings. The zero-order valence-corrected chi connectivity index (χ0v) is 11.0. The maximum atomic E-state index is 11.6. The fourth-order valence-corrected chi connectivity index (χ4v) is 3.63. The van der Waals surface area contributed by atoms with Crippen molar-refractivity contribution in [1.29, 1.82) is 0 Å². The number of sulfone groups is 1. The zero-order chi connectivity index (χ0) is 14.0. The first-order valence-corrected chi connectivity index (χ1v) is 7.78. The summed E-state index contributed by atoms with van der Waals surface area (Å²) in [7, 11) is -3.19. The number of nitrogens with one attached hydrogen (secondary N) is 2. The van der Waals surface area contributed by atoms with Gasteiger partial charge < -0.3 is 15.7 Å². The fourth-order valence-electron chi connectivity index (χ4n) is 2.40. The third-order valence-electron chi connectivity index (χ3n) is 3.36. The van der Waals surface area contributed by atoms with Crippen molar-refractivity contribution < 1.29 is 23.1 Å². The average Bonchev–Trinajstić information content (AvgIpc) is 2.85. The Morgan fingerprint density at radius 3 is 2.47 bits per heavy atom. The summed E-state index contributed by atoms with van der Waals surface area (Å²) in [5.74, 6) is -1.37. The average molecular weight is 288 g/mol. The molecule has 0 spiro atoms. The van der Waals surface area contributed by atoms with E-state index in [1.165, 1.54) is 6.08 Å². The molecule has 2 amide bonds. The van der Waals surface area contributed by atoms with Gasteiger partial charge in [-0.05, 0) is 25.3 Å². The van der Waals surface area contributed by atoms with Crippen molar-refractivity contribution >= 4 is 21.8 Å². The minimum atomic E-state index is -3.19. The second-order valence-electron chi connectivity index (χ2n) is 4.93. The predicted octanol–water partition coefficient (Wildman–Crippen LogP) is -0.150. The van der Waals surface area contributed by atoms with Gasteiger partial charge >= 0.3 is 12.0 Å². The van der Waals surface area contributed by atoms with E-state index in [9.17, 15) is 18.0 Å². The molecular weight excluding hydrogens is 272 g/mol. The fraction of sp³-hybridized carbons (Fsp3) is 0.636. The van der Waals surface area contributed by atoms with Crippen molar-refractivity contribution in [3.8, 4) is 0 Å². The Hall–Kier alpha value is -1.57. The molecule has 1 saturated carbocycles. The number of amides is 2. The highest BCUT2D eigenvalue weighted by atomic mass is 32.2. The molecule has 1 heterocycles. The van der Waals surface area contributed by atoms with Crippen LogP contribution in [0, 0.1) is 5.92 Å². The first kappa shape index (κ1) is 13.9. The molecule has 0 aromatic heterocycles. The number of carboxylic acids is 1. The molecule has 1 aliphatic carbocycles. The van der Waals surface area contributed by atoms with Crippen LogP contribution in [0.2, 0.25) is 0 Å². The molecule has 106 valence electrons. The summed E-state index contributed by atoms with van der Waals surface area (Å²) in [6.07, 6.45) is 3.03. The Labute approximate surface area is 111 Å². The lowest BCUT2D eigenvalue weighted by molar-refractivity contribution is -0.141. The van der Waals surface area contributed by atoms with Crippen molar-refractivity contribution in [3.05, 3.63) is 11.5 Å². The van der Waals surface area contributed by atoms with E-state index in [2.05, 4.69) is 10.6 Å². The molecule has 1 fully saturated rings. The van der Waals surface area contributed by atoms with Gasteiger partial charge in [-0.1, -0.05) is 0 Å². The summed E-state index contributed by atoms with van der Waals surface area (Å²) in [6, 6.07) is -1.13. The number of hydrogen-bond acceptors (Lipinski definition) is 4. The van der Waals surface area contributed by atoms with E-state index < -0.39 is 33.8 Å². The van der Waals surface area contributed by atoms with Gasteiger partial charge in [-0.2, -0.15) is 0 Å². The van der Waals surface area contributed by atoms with Crippen molar-refractivity contribution in [2.24, 2.45) is 5.92 Å². The van der Waals surface area contributed by atoms with Gasteiger partial charge in [0.25, 0.3) is 0 Å². The smallest absolute Gasteiger partial charge is 0.315 e. The summed E-state index contributed by atoms with van der Waals surface area (Å²) >= 11 is 0. The Kier molecular flexibility index (Phi) is 3.79. The molecular formula is C11H16N2O5S.